The van der Waals surface area contributed by atoms with Crippen LogP contribution in [0.4, 0.5) is 0 Å². The molecule has 0 spiro atoms. The molecule has 1 aromatic rings. The highest BCUT2D eigenvalue weighted by Gasteiger charge is 2.13. The van der Waals surface area contributed by atoms with E-state index in [9.17, 15) is 14.4 Å². The molecule has 0 fully saturated rings. The number of nitrogens with two attached hydrogens (primary N) is 1. The van der Waals surface area contributed by atoms with E-state index in [0.29, 0.717) is 5.56 Å². The minimum atomic E-state index is -1.17. The summed E-state index contributed by atoms with van der Waals surface area (Å²) in [6.45, 7) is 0. The molecule has 0 radical (unpaired) electrons. The van der Waals surface area contributed by atoms with Crippen LogP contribution in [0.5, 0.6) is 0 Å². The monoisotopic (exact) mass is 266 g/mol. The zero-order valence-corrected chi connectivity index (χ0v) is 10.00. The molecule has 0 saturated carbocycles. The quantitative estimate of drug-likeness (QED) is 0.507. The Hall–Kier alpha value is -2.48. The number of carbonyl (C=O) groups excluding carboxylic acids is 2. The van der Waals surface area contributed by atoms with Gasteiger partial charge in [0.1, 0.15) is 6.04 Å². The molecule has 0 aliphatic rings. The van der Waals surface area contributed by atoms with Crippen molar-refractivity contribution in [2.24, 2.45) is 5.73 Å². The molecule has 1 atom stereocenters. The van der Waals surface area contributed by atoms with Gasteiger partial charge in [-0.1, -0.05) is 0 Å². The number of nitrogens with one attached hydrogen (secondary N) is 2. The highest BCUT2D eigenvalue weighted by Crippen LogP contribution is 1.96. The van der Waals surface area contributed by atoms with Crippen LogP contribution in [0.25, 0.3) is 0 Å². The van der Waals surface area contributed by atoms with Gasteiger partial charge in [-0.05, 0) is 18.6 Å². The van der Waals surface area contributed by atoms with Crippen molar-refractivity contribution in [3.05, 3.63) is 30.1 Å². The van der Waals surface area contributed by atoms with Crippen LogP contribution in [-0.4, -0.2) is 33.9 Å². The van der Waals surface area contributed by atoms with Gasteiger partial charge in [0.25, 0.3) is 5.91 Å². The number of carboxylic acid groups (broad SMARTS) is 1. The molecule has 0 saturated heterocycles. The zero-order valence-electron chi connectivity index (χ0n) is 10.00. The molecule has 102 valence electrons. The number of nitrogens with zero attached hydrogens (tertiary/aromatic N) is 1. The van der Waals surface area contributed by atoms with Crippen molar-refractivity contribution in [3.63, 3.8) is 0 Å². The van der Waals surface area contributed by atoms with E-state index in [1.165, 1.54) is 24.5 Å². The molecular formula is C11H14N4O4. The van der Waals surface area contributed by atoms with Crippen LogP contribution in [0.15, 0.2) is 24.5 Å². The van der Waals surface area contributed by atoms with Crippen LogP contribution in [-0.2, 0) is 9.59 Å². The predicted octanol–water partition coefficient (Wildman–Crippen LogP) is -0.965. The van der Waals surface area contributed by atoms with E-state index in [0.717, 1.165) is 0 Å². The van der Waals surface area contributed by atoms with Crippen molar-refractivity contribution in [1.82, 2.24) is 15.8 Å². The van der Waals surface area contributed by atoms with Gasteiger partial charge in [-0.15, -0.1) is 0 Å². The van der Waals surface area contributed by atoms with Gasteiger partial charge in [0.05, 0.1) is 0 Å². The Bertz CT molecular complexity index is 463. The molecule has 19 heavy (non-hydrogen) atoms. The van der Waals surface area contributed by atoms with Crippen molar-refractivity contribution >= 4 is 17.8 Å². The fourth-order valence-electron chi connectivity index (χ4n) is 1.17. The number of pyridine rings is 1. The second-order valence-corrected chi connectivity index (χ2v) is 3.72. The third-order valence-electron chi connectivity index (χ3n) is 2.26. The summed E-state index contributed by atoms with van der Waals surface area (Å²) in [7, 11) is 0. The minimum absolute atomic E-state index is 0.00764. The first-order chi connectivity index (χ1) is 9.00. The van der Waals surface area contributed by atoms with Gasteiger partial charge in [0.2, 0.25) is 5.91 Å². The second-order valence-electron chi connectivity index (χ2n) is 3.72. The van der Waals surface area contributed by atoms with Crippen LogP contribution >= 0.6 is 0 Å². The minimum Gasteiger partial charge on any atom is -0.480 e. The lowest BCUT2D eigenvalue weighted by molar-refractivity contribution is -0.138. The lowest BCUT2D eigenvalue weighted by Gasteiger charge is -2.08. The first-order valence-electron chi connectivity index (χ1n) is 5.48. The number of carbonyl (C=O) groups is 3. The molecule has 5 N–H and O–H groups in total. The Morgan fingerprint density at radius 1 is 1.26 bits per heavy atom. The molecule has 0 bridgehead atoms. The third-order valence-corrected chi connectivity index (χ3v) is 2.26. The summed E-state index contributed by atoms with van der Waals surface area (Å²) in [6, 6.07) is 1.88. The molecular weight excluding hydrogens is 252 g/mol. The number of amides is 2. The van der Waals surface area contributed by atoms with E-state index >= 15 is 0 Å². The van der Waals surface area contributed by atoms with Gasteiger partial charge in [-0.2, -0.15) is 0 Å². The summed E-state index contributed by atoms with van der Waals surface area (Å²) in [5, 5.41) is 8.53. The van der Waals surface area contributed by atoms with Crippen LogP contribution in [0.1, 0.15) is 23.2 Å². The molecule has 2 amide bonds. The largest absolute Gasteiger partial charge is 0.480 e. The molecule has 1 rings (SSSR count). The molecule has 1 heterocycles. The summed E-state index contributed by atoms with van der Waals surface area (Å²) in [5.74, 6) is -2.17. The maximum Gasteiger partial charge on any atom is 0.320 e. The standard InChI is InChI=1S/C11H14N4O4/c12-8(11(18)19)1-2-9(16)14-15-10(17)7-3-5-13-6-4-7/h3-6,8H,1-2,12H2,(H,14,16)(H,15,17)(H,18,19)/t8-/m0/s1. The molecule has 0 aromatic carbocycles. The summed E-state index contributed by atoms with van der Waals surface area (Å²) >= 11 is 0. The Kier molecular flexibility index (Phi) is 5.42. The Balaban J connectivity index is 2.31. The van der Waals surface area contributed by atoms with Crippen LogP contribution in [0, 0.1) is 0 Å². The van der Waals surface area contributed by atoms with Crippen LogP contribution < -0.4 is 16.6 Å². The highest BCUT2D eigenvalue weighted by molar-refractivity contribution is 5.95. The van der Waals surface area contributed by atoms with E-state index in [-0.39, 0.29) is 12.8 Å². The lowest BCUT2D eigenvalue weighted by atomic mass is 10.2. The lowest BCUT2D eigenvalue weighted by Crippen LogP contribution is -2.42. The van der Waals surface area contributed by atoms with Crippen molar-refractivity contribution in [2.75, 3.05) is 0 Å². The topological polar surface area (TPSA) is 134 Å². The Labute approximate surface area is 109 Å². The van der Waals surface area contributed by atoms with Gasteiger partial charge in [0, 0.05) is 24.4 Å². The molecule has 0 unspecified atom stereocenters. The number of rotatable bonds is 5. The predicted molar refractivity (Wildman–Crippen MR) is 64.7 cm³/mol. The summed E-state index contributed by atoms with van der Waals surface area (Å²) in [5.41, 5.74) is 9.95. The number of hydrogen-bond donors (Lipinski definition) is 4. The number of hydrogen-bond acceptors (Lipinski definition) is 5. The number of hydrazine groups is 1. The summed E-state index contributed by atoms with van der Waals surface area (Å²) in [4.78, 5) is 37.0. The first kappa shape index (κ1) is 14.6. The normalized spacial score (nSPS) is 11.4. The van der Waals surface area contributed by atoms with Gasteiger partial charge in [-0.25, -0.2) is 0 Å². The number of aromatic nitrogens is 1. The van der Waals surface area contributed by atoms with E-state index < -0.39 is 23.8 Å². The van der Waals surface area contributed by atoms with Crippen molar-refractivity contribution in [1.29, 1.82) is 0 Å². The molecule has 1 aromatic heterocycles. The van der Waals surface area contributed by atoms with E-state index in [4.69, 9.17) is 10.8 Å². The van der Waals surface area contributed by atoms with Gasteiger partial charge >= 0.3 is 5.97 Å². The highest BCUT2D eigenvalue weighted by atomic mass is 16.4. The molecule has 8 heteroatoms. The third kappa shape index (κ3) is 5.13. The fourth-order valence-corrected chi connectivity index (χ4v) is 1.17. The maximum atomic E-state index is 11.5. The van der Waals surface area contributed by atoms with Crippen molar-refractivity contribution in [2.45, 2.75) is 18.9 Å². The Morgan fingerprint density at radius 2 is 1.89 bits per heavy atom. The molecule has 0 aliphatic heterocycles. The average molecular weight is 266 g/mol. The summed E-state index contributed by atoms with van der Waals surface area (Å²) < 4.78 is 0. The van der Waals surface area contributed by atoms with Gasteiger partial charge < -0.3 is 10.8 Å². The van der Waals surface area contributed by atoms with E-state index in [1.54, 1.807) is 0 Å². The van der Waals surface area contributed by atoms with Gasteiger partial charge in [0.15, 0.2) is 0 Å². The molecule has 0 aliphatic carbocycles. The number of carboxylic acids is 1. The van der Waals surface area contributed by atoms with Crippen LogP contribution in [0.3, 0.4) is 0 Å². The smallest absolute Gasteiger partial charge is 0.320 e. The maximum absolute atomic E-state index is 11.5. The average Bonchev–Trinajstić information content (AvgIpc) is 2.42. The van der Waals surface area contributed by atoms with Gasteiger partial charge in [-0.3, -0.25) is 30.2 Å². The van der Waals surface area contributed by atoms with Crippen molar-refractivity contribution in [3.8, 4) is 0 Å². The van der Waals surface area contributed by atoms with E-state index in [1.807, 2.05) is 0 Å². The zero-order chi connectivity index (χ0) is 14.3. The number of aliphatic carboxylic acids is 1. The summed E-state index contributed by atoms with van der Waals surface area (Å²) in [6.07, 6.45) is 2.79. The SMILES string of the molecule is N[C@@H](CCC(=O)NNC(=O)c1ccncc1)C(=O)O. The van der Waals surface area contributed by atoms with Crippen molar-refractivity contribution < 1.29 is 19.5 Å². The first-order valence-corrected chi connectivity index (χ1v) is 5.48. The molecule has 8 nitrogen and oxygen atoms in total. The Morgan fingerprint density at radius 3 is 2.47 bits per heavy atom. The fraction of sp³-hybridized carbons (Fsp3) is 0.273. The van der Waals surface area contributed by atoms with Crippen LogP contribution in [0.2, 0.25) is 0 Å². The second kappa shape index (κ2) is 7.07. The van der Waals surface area contributed by atoms with E-state index in [2.05, 4.69) is 15.8 Å².